The average molecular weight is 215 g/mol. The molecule has 0 fully saturated rings. The van der Waals surface area contributed by atoms with Crippen molar-refractivity contribution in [3.05, 3.63) is 33.8 Å². The lowest BCUT2D eigenvalue weighted by Crippen LogP contribution is -1.66. The maximum atomic E-state index is 5.71. The molecule has 0 saturated heterocycles. The second-order valence-electron chi connectivity index (χ2n) is 2.46. The smallest absolute Gasteiger partial charge is 0.0482 e. The van der Waals surface area contributed by atoms with E-state index in [1.54, 1.807) is 22.7 Å². The number of hydrogen-bond acceptors (Lipinski definition) is 2. The summed E-state index contributed by atoms with van der Waals surface area (Å²) < 4.78 is 0. The Kier molecular flexibility index (Phi) is 2.49. The van der Waals surface area contributed by atoms with Gasteiger partial charge in [0.15, 0.2) is 0 Å². The molecule has 0 aliphatic carbocycles. The maximum absolute atomic E-state index is 5.71. The number of halogens is 1. The third-order valence-corrected chi connectivity index (χ3v) is 3.63. The van der Waals surface area contributed by atoms with Gasteiger partial charge in [-0.3, -0.25) is 0 Å². The Balaban J connectivity index is 2.35. The minimum Gasteiger partial charge on any atom is -0.152 e. The zero-order valence-corrected chi connectivity index (χ0v) is 8.68. The van der Waals surface area contributed by atoms with Crippen molar-refractivity contribution in [2.45, 2.75) is 5.88 Å². The van der Waals surface area contributed by atoms with Gasteiger partial charge in [-0.2, -0.15) is 11.3 Å². The van der Waals surface area contributed by atoms with Gasteiger partial charge < -0.3 is 0 Å². The van der Waals surface area contributed by atoms with Gasteiger partial charge in [-0.15, -0.1) is 22.9 Å². The Morgan fingerprint density at radius 1 is 1.33 bits per heavy atom. The van der Waals surface area contributed by atoms with Gasteiger partial charge in [-0.25, -0.2) is 0 Å². The molecule has 2 aromatic rings. The van der Waals surface area contributed by atoms with Crippen LogP contribution in [0.4, 0.5) is 0 Å². The molecule has 0 saturated carbocycles. The van der Waals surface area contributed by atoms with Gasteiger partial charge in [0.2, 0.25) is 0 Å². The van der Waals surface area contributed by atoms with E-state index in [4.69, 9.17) is 11.6 Å². The quantitative estimate of drug-likeness (QED) is 0.657. The molecule has 0 amide bonds. The van der Waals surface area contributed by atoms with Crippen LogP contribution in [-0.4, -0.2) is 0 Å². The van der Waals surface area contributed by atoms with Crippen molar-refractivity contribution in [3.8, 4) is 10.4 Å². The van der Waals surface area contributed by atoms with Crippen LogP contribution >= 0.6 is 34.3 Å². The van der Waals surface area contributed by atoms with E-state index in [1.165, 1.54) is 16.0 Å². The monoisotopic (exact) mass is 214 g/mol. The van der Waals surface area contributed by atoms with Gasteiger partial charge in [0.05, 0.1) is 0 Å². The fourth-order valence-electron chi connectivity index (χ4n) is 1.00. The first kappa shape index (κ1) is 8.30. The topological polar surface area (TPSA) is 0 Å². The number of hydrogen-bond donors (Lipinski definition) is 0. The molecule has 2 rings (SSSR count). The van der Waals surface area contributed by atoms with Gasteiger partial charge >= 0.3 is 0 Å². The largest absolute Gasteiger partial charge is 0.152 e. The van der Waals surface area contributed by atoms with E-state index in [-0.39, 0.29) is 0 Å². The molecule has 0 unspecified atom stereocenters. The molecule has 0 bridgehead atoms. The van der Waals surface area contributed by atoms with Gasteiger partial charge in [0.1, 0.15) is 0 Å². The van der Waals surface area contributed by atoms with E-state index >= 15 is 0 Å². The molecule has 62 valence electrons. The number of rotatable bonds is 2. The lowest BCUT2D eigenvalue weighted by atomic mass is 10.2. The molecule has 2 heterocycles. The molecule has 0 aliphatic rings. The molecule has 2 aromatic heterocycles. The summed E-state index contributed by atoms with van der Waals surface area (Å²) in [6.45, 7) is 0. The first-order valence-corrected chi connectivity index (χ1v) is 5.92. The predicted molar refractivity (Wildman–Crippen MR) is 57.2 cm³/mol. The number of thiophene rings is 2. The molecular weight excluding hydrogens is 208 g/mol. The maximum Gasteiger partial charge on any atom is 0.0482 e. The molecule has 0 nitrogen and oxygen atoms in total. The first-order valence-electron chi connectivity index (χ1n) is 3.56. The Labute approximate surface area is 84.4 Å². The highest BCUT2D eigenvalue weighted by Crippen LogP contribution is 2.29. The van der Waals surface area contributed by atoms with Crippen molar-refractivity contribution >= 4 is 34.3 Å². The van der Waals surface area contributed by atoms with Crippen LogP contribution in [0.1, 0.15) is 5.56 Å². The van der Waals surface area contributed by atoms with Gasteiger partial charge in [0, 0.05) is 16.3 Å². The average Bonchev–Trinajstić information content (AvgIpc) is 2.75. The second-order valence-corrected chi connectivity index (χ2v) is 4.42. The molecule has 0 spiro atoms. The molecular formula is C9H7ClS2. The van der Waals surface area contributed by atoms with E-state index in [9.17, 15) is 0 Å². The highest BCUT2D eigenvalue weighted by atomic mass is 35.5. The van der Waals surface area contributed by atoms with E-state index in [2.05, 4.69) is 28.3 Å². The minimum absolute atomic E-state index is 0.612. The van der Waals surface area contributed by atoms with Crippen LogP contribution in [-0.2, 0) is 5.88 Å². The normalized spacial score (nSPS) is 10.4. The summed E-state index contributed by atoms with van der Waals surface area (Å²) in [5.41, 5.74) is 2.52. The van der Waals surface area contributed by atoms with Crippen LogP contribution < -0.4 is 0 Å². The van der Waals surface area contributed by atoms with E-state index in [1.807, 2.05) is 0 Å². The number of alkyl halides is 1. The fraction of sp³-hybridized carbons (Fsp3) is 0.111. The Morgan fingerprint density at radius 2 is 2.25 bits per heavy atom. The highest BCUT2D eigenvalue weighted by Gasteiger charge is 2.01. The molecule has 0 N–H and O–H groups in total. The van der Waals surface area contributed by atoms with Crippen LogP contribution in [0.5, 0.6) is 0 Å². The summed E-state index contributed by atoms with van der Waals surface area (Å²) >= 11 is 9.19. The highest BCUT2D eigenvalue weighted by molar-refractivity contribution is 7.14. The predicted octanol–water partition coefficient (Wildman–Crippen LogP) is 4.22. The van der Waals surface area contributed by atoms with Gasteiger partial charge in [0.25, 0.3) is 0 Å². The molecule has 0 aromatic carbocycles. The van der Waals surface area contributed by atoms with Gasteiger partial charge in [-0.05, 0) is 33.8 Å². The minimum atomic E-state index is 0.612. The molecule has 3 heteroatoms. The Hall–Kier alpha value is -0.310. The van der Waals surface area contributed by atoms with E-state index in [0.717, 1.165) is 0 Å². The molecule has 12 heavy (non-hydrogen) atoms. The van der Waals surface area contributed by atoms with E-state index in [0.29, 0.717) is 5.88 Å². The standard InChI is InChI=1S/C9H7ClS2/c10-4-7-3-9(12-5-7)8-1-2-11-6-8/h1-3,5-6H,4H2. The summed E-state index contributed by atoms with van der Waals surface area (Å²) in [5.74, 6) is 0.612. The summed E-state index contributed by atoms with van der Waals surface area (Å²) in [6, 6.07) is 4.29. The lowest BCUT2D eigenvalue weighted by molar-refractivity contribution is 1.46. The van der Waals surface area contributed by atoms with Crippen molar-refractivity contribution in [1.82, 2.24) is 0 Å². The summed E-state index contributed by atoms with van der Waals surface area (Å²) in [4.78, 5) is 1.31. The SMILES string of the molecule is ClCc1csc(-c2ccsc2)c1. The van der Waals surface area contributed by atoms with Gasteiger partial charge in [-0.1, -0.05) is 0 Å². The lowest BCUT2D eigenvalue weighted by Gasteiger charge is -1.87. The summed E-state index contributed by atoms with van der Waals surface area (Å²) in [7, 11) is 0. The first-order chi connectivity index (χ1) is 5.90. The van der Waals surface area contributed by atoms with Crippen molar-refractivity contribution in [1.29, 1.82) is 0 Å². The summed E-state index contributed by atoms with van der Waals surface area (Å²) in [5, 5.41) is 6.36. The van der Waals surface area contributed by atoms with Crippen molar-refractivity contribution in [3.63, 3.8) is 0 Å². The van der Waals surface area contributed by atoms with Crippen LogP contribution in [0.25, 0.3) is 10.4 Å². The van der Waals surface area contributed by atoms with Crippen molar-refractivity contribution in [2.75, 3.05) is 0 Å². The van der Waals surface area contributed by atoms with Crippen LogP contribution in [0.3, 0.4) is 0 Å². The van der Waals surface area contributed by atoms with Crippen molar-refractivity contribution < 1.29 is 0 Å². The van der Waals surface area contributed by atoms with Crippen molar-refractivity contribution in [2.24, 2.45) is 0 Å². The van der Waals surface area contributed by atoms with Crippen LogP contribution in [0.2, 0.25) is 0 Å². The molecule has 0 atom stereocenters. The Morgan fingerprint density at radius 3 is 2.83 bits per heavy atom. The molecule has 0 aliphatic heterocycles. The van der Waals surface area contributed by atoms with Crippen LogP contribution in [0, 0.1) is 0 Å². The Bertz CT molecular complexity index is 348. The zero-order chi connectivity index (χ0) is 8.39. The summed E-state index contributed by atoms with van der Waals surface area (Å²) in [6.07, 6.45) is 0. The molecule has 0 radical (unpaired) electrons. The fourth-order valence-corrected chi connectivity index (χ4v) is 2.89. The zero-order valence-electron chi connectivity index (χ0n) is 6.29. The third kappa shape index (κ3) is 1.56. The third-order valence-electron chi connectivity index (χ3n) is 1.61. The van der Waals surface area contributed by atoms with Crippen LogP contribution in [0.15, 0.2) is 28.3 Å². The van der Waals surface area contributed by atoms with E-state index < -0.39 is 0 Å². The second kappa shape index (κ2) is 3.60.